The molecule has 2 heterocycles. The normalized spacial score (nSPS) is 14.4. The van der Waals surface area contributed by atoms with E-state index in [9.17, 15) is 0 Å². The molecule has 0 amide bonds. The fourth-order valence-electron chi connectivity index (χ4n) is 3.36. The van der Waals surface area contributed by atoms with Crippen molar-refractivity contribution in [3.63, 3.8) is 0 Å². The lowest BCUT2D eigenvalue weighted by Crippen LogP contribution is -2.38. The second-order valence-electron chi connectivity index (χ2n) is 6.68. The number of rotatable bonds is 7. The first-order valence-electron chi connectivity index (χ1n) is 9.87. The monoisotopic (exact) mass is 370 g/mol. The highest BCUT2D eigenvalue weighted by Gasteiger charge is 2.14. The first kappa shape index (κ1) is 19.2. The number of fused-ring (bicyclic) bond motifs is 1. The Labute approximate surface area is 161 Å². The van der Waals surface area contributed by atoms with Crippen molar-refractivity contribution in [2.75, 3.05) is 20.2 Å². The Bertz CT molecular complexity index is 755. The van der Waals surface area contributed by atoms with Crippen molar-refractivity contribution in [2.24, 2.45) is 4.99 Å². The maximum absolute atomic E-state index is 5.40. The van der Waals surface area contributed by atoms with Gasteiger partial charge in [-0.25, -0.2) is 4.99 Å². The Morgan fingerprint density at radius 3 is 2.93 bits per heavy atom. The molecule has 0 atom stereocenters. The van der Waals surface area contributed by atoms with Gasteiger partial charge in [-0.2, -0.15) is 0 Å². The number of aromatic nitrogens is 3. The van der Waals surface area contributed by atoms with Crippen molar-refractivity contribution in [1.29, 1.82) is 0 Å². The van der Waals surface area contributed by atoms with Gasteiger partial charge in [0.1, 0.15) is 17.4 Å². The number of methoxy groups -OCH3 is 1. The number of nitrogens with zero attached hydrogens (tertiary/aromatic N) is 4. The van der Waals surface area contributed by atoms with E-state index in [2.05, 4.69) is 37.3 Å². The molecule has 27 heavy (non-hydrogen) atoms. The first-order valence-corrected chi connectivity index (χ1v) is 9.87. The second kappa shape index (κ2) is 9.94. The Morgan fingerprint density at radius 1 is 1.19 bits per heavy atom. The largest absolute Gasteiger partial charge is 0.496 e. The standard InChI is InChI=1S/C20H30N6O/c1-3-21-20(23-15-16-9-6-7-10-17(16)27-2)22-13-12-19-25-24-18-11-5-4-8-14-26(18)19/h6-7,9-10H,3-5,8,11-15H2,1-2H3,(H2,21,22,23). The van der Waals surface area contributed by atoms with Crippen molar-refractivity contribution in [2.45, 2.75) is 52.1 Å². The highest BCUT2D eigenvalue weighted by Crippen LogP contribution is 2.18. The van der Waals surface area contributed by atoms with Gasteiger partial charge in [0, 0.05) is 38.0 Å². The number of aliphatic imine (C=N–C) groups is 1. The molecule has 0 saturated carbocycles. The first-order chi connectivity index (χ1) is 13.3. The molecule has 3 rings (SSSR count). The fourth-order valence-corrected chi connectivity index (χ4v) is 3.36. The molecule has 2 N–H and O–H groups in total. The molecule has 0 spiro atoms. The van der Waals surface area contributed by atoms with Gasteiger partial charge >= 0.3 is 0 Å². The van der Waals surface area contributed by atoms with E-state index in [0.29, 0.717) is 6.54 Å². The average molecular weight is 371 g/mol. The maximum Gasteiger partial charge on any atom is 0.191 e. The van der Waals surface area contributed by atoms with E-state index in [0.717, 1.165) is 61.4 Å². The van der Waals surface area contributed by atoms with E-state index in [4.69, 9.17) is 4.74 Å². The van der Waals surface area contributed by atoms with Gasteiger partial charge in [0.15, 0.2) is 5.96 Å². The van der Waals surface area contributed by atoms with E-state index in [1.54, 1.807) is 7.11 Å². The molecule has 1 aromatic carbocycles. The van der Waals surface area contributed by atoms with Crippen molar-refractivity contribution < 1.29 is 4.74 Å². The molecular formula is C20H30N6O. The van der Waals surface area contributed by atoms with Gasteiger partial charge in [-0.15, -0.1) is 10.2 Å². The Kier molecular flexibility index (Phi) is 7.07. The molecular weight excluding hydrogens is 340 g/mol. The highest BCUT2D eigenvalue weighted by atomic mass is 16.5. The summed E-state index contributed by atoms with van der Waals surface area (Å²) in [7, 11) is 1.69. The minimum absolute atomic E-state index is 0.569. The van der Waals surface area contributed by atoms with Crippen LogP contribution in [0.1, 0.15) is 43.4 Å². The topological polar surface area (TPSA) is 76.4 Å². The third-order valence-electron chi connectivity index (χ3n) is 4.77. The quantitative estimate of drug-likeness (QED) is 0.578. The summed E-state index contributed by atoms with van der Waals surface area (Å²) in [5.74, 6) is 3.88. The van der Waals surface area contributed by atoms with Gasteiger partial charge in [0.25, 0.3) is 0 Å². The SMILES string of the molecule is CCNC(=NCc1ccccc1OC)NCCc1nnc2n1CCCCC2. The van der Waals surface area contributed by atoms with Gasteiger partial charge < -0.3 is 19.9 Å². The van der Waals surface area contributed by atoms with Crippen LogP contribution in [0.25, 0.3) is 0 Å². The average Bonchev–Trinajstić information content (AvgIpc) is 2.92. The molecule has 1 aliphatic rings. The van der Waals surface area contributed by atoms with E-state index in [1.165, 1.54) is 19.3 Å². The van der Waals surface area contributed by atoms with Crippen LogP contribution in [0.15, 0.2) is 29.3 Å². The molecule has 0 fully saturated rings. The van der Waals surface area contributed by atoms with Crippen LogP contribution in [0.5, 0.6) is 5.75 Å². The summed E-state index contributed by atoms with van der Waals surface area (Å²) in [4.78, 5) is 4.69. The van der Waals surface area contributed by atoms with E-state index in [1.807, 2.05) is 24.3 Å². The van der Waals surface area contributed by atoms with Crippen LogP contribution in [-0.2, 0) is 25.9 Å². The Balaban J connectivity index is 1.58. The van der Waals surface area contributed by atoms with Crippen LogP contribution in [0.2, 0.25) is 0 Å². The van der Waals surface area contributed by atoms with Crippen molar-refractivity contribution in [3.05, 3.63) is 41.5 Å². The van der Waals surface area contributed by atoms with Crippen molar-refractivity contribution in [3.8, 4) is 5.75 Å². The zero-order valence-corrected chi connectivity index (χ0v) is 16.4. The van der Waals surface area contributed by atoms with Crippen LogP contribution in [-0.4, -0.2) is 40.9 Å². The van der Waals surface area contributed by atoms with E-state index < -0.39 is 0 Å². The minimum Gasteiger partial charge on any atom is -0.496 e. The predicted molar refractivity (Wildman–Crippen MR) is 107 cm³/mol. The zero-order chi connectivity index (χ0) is 18.9. The van der Waals surface area contributed by atoms with E-state index >= 15 is 0 Å². The number of hydrogen-bond donors (Lipinski definition) is 2. The Morgan fingerprint density at radius 2 is 2.07 bits per heavy atom. The van der Waals surface area contributed by atoms with Crippen molar-refractivity contribution in [1.82, 2.24) is 25.4 Å². The van der Waals surface area contributed by atoms with E-state index in [-0.39, 0.29) is 0 Å². The third kappa shape index (κ3) is 5.21. The molecule has 7 heteroatoms. The number of guanidine groups is 1. The summed E-state index contributed by atoms with van der Waals surface area (Å²) in [5.41, 5.74) is 1.07. The number of ether oxygens (including phenoxy) is 1. The summed E-state index contributed by atoms with van der Waals surface area (Å²) >= 11 is 0. The number of aryl methyl sites for hydroxylation is 1. The molecule has 0 radical (unpaired) electrons. The molecule has 0 bridgehead atoms. The molecule has 146 valence electrons. The van der Waals surface area contributed by atoms with Crippen LogP contribution >= 0.6 is 0 Å². The smallest absolute Gasteiger partial charge is 0.191 e. The lowest BCUT2D eigenvalue weighted by atomic mass is 10.2. The molecule has 2 aromatic rings. The van der Waals surface area contributed by atoms with Gasteiger partial charge in [-0.3, -0.25) is 0 Å². The van der Waals surface area contributed by atoms with Crippen LogP contribution in [0, 0.1) is 0 Å². The lowest BCUT2D eigenvalue weighted by Gasteiger charge is -2.12. The molecule has 1 aromatic heterocycles. The van der Waals surface area contributed by atoms with Crippen LogP contribution in [0.4, 0.5) is 0 Å². The number of benzene rings is 1. The molecule has 7 nitrogen and oxygen atoms in total. The maximum atomic E-state index is 5.40. The molecule has 0 unspecified atom stereocenters. The number of nitrogens with one attached hydrogen (secondary N) is 2. The zero-order valence-electron chi connectivity index (χ0n) is 16.4. The number of para-hydroxylation sites is 1. The summed E-state index contributed by atoms with van der Waals surface area (Å²) in [6.45, 7) is 5.27. The van der Waals surface area contributed by atoms with Gasteiger partial charge in [0.05, 0.1) is 13.7 Å². The minimum atomic E-state index is 0.569. The summed E-state index contributed by atoms with van der Waals surface area (Å²) in [5, 5.41) is 15.5. The molecule has 1 aliphatic heterocycles. The molecule has 0 saturated heterocycles. The lowest BCUT2D eigenvalue weighted by molar-refractivity contribution is 0.410. The van der Waals surface area contributed by atoms with Gasteiger partial charge in [-0.1, -0.05) is 24.6 Å². The highest BCUT2D eigenvalue weighted by molar-refractivity contribution is 5.79. The molecule has 0 aliphatic carbocycles. The third-order valence-corrected chi connectivity index (χ3v) is 4.77. The van der Waals surface area contributed by atoms with Crippen LogP contribution < -0.4 is 15.4 Å². The summed E-state index contributed by atoms with van der Waals surface area (Å²) in [6, 6.07) is 7.97. The summed E-state index contributed by atoms with van der Waals surface area (Å²) < 4.78 is 7.70. The number of hydrogen-bond acceptors (Lipinski definition) is 4. The van der Waals surface area contributed by atoms with Gasteiger partial charge in [-0.05, 0) is 25.8 Å². The second-order valence-corrected chi connectivity index (χ2v) is 6.68. The van der Waals surface area contributed by atoms with Crippen molar-refractivity contribution >= 4 is 5.96 Å². The Hall–Kier alpha value is -2.57. The predicted octanol–water partition coefficient (Wildman–Crippen LogP) is 2.31. The van der Waals surface area contributed by atoms with Gasteiger partial charge in [0.2, 0.25) is 0 Å². The fraction of sp³-hybridized carbons (Fsp3) is 0.550. The summed E-state index contributed by atoms with van der Waals surface area (Å²) in [6.07, 6.45) is 5.60. The van der Waals surface area contributed by atoms with Crippen LogP contribution in [0.3, 0.4) is 0 Å².